The van der Waals surface area contributed by atoms with Crippen molar-refractivity contribution in [1.82, 2.24) is 0 Å². The molecule has 0 bridgehead atoms. The molecular weight excluding hydrogens is 288 g/mol. The number of allylic oxidation sites excluding steroid dienone is 4. The predicted molar refractivity (Wildman–Crippen MR) is 98.3 cm³/mol. The summed E-state index contributed by atoms with van der Waals surface area (Å²) in [6, 6.07) is 0. The minimum absolute atomic E-state index is 0.581. The minimum atomic E-state index is -1.04. The van der Waals surface area contributed by atoms with Gasteiger partial charge < -0.3 is 15.3 Å². The van der Waals surface area contributed by atoms with Gasteiger partial charge in [0.1, 0.15) is 0 Å². The molecule has 0 aliphatic heterocycles. The molecule has 0 aromatic heterocycles. The van der Waals surface area contributed by atoms with E-state index in [0.29, 0.717) is 12.8 Å². The lowest BCUT2D eigenvalue weighted by molar-refractivity contribution is -0.0509. The highest BCUT2D eigenvalue weighted by Crippen LogP contribution is 2.18. The van der Waals surface area contributed by atoms with E-state index < -0.39 is 17.3 Å². The molecule has 0 aliphatic carbocycles. The maximum atomic E-state index is 9.85. The van der Waals surface area contributed by atoms with E-state index in [1.54, 1.807) is 26.8 Å². The first-order chi connectivity index (χ1) is 10.5. The summed E-state index contributed by atoms with van der Waals surface area (Å²) in [5.41, 5.74) is 0.752. The van der Waals surface area contributed by atoms with Crippen LogP contribution in [0.1, 0.15) is 73.1 Å². The molecule has 0 heterocycles. The summed E-state index contributed by atoms with van der Waals surface area (Å²) in [5.74, 6) is 0. The van der Waals surface area contributed by atoms with E-state index in [9.17, 15) is 15.3 Å². The lowest BCUT2D eigenvalue weighted by Crippen LogP contribution is -2.35. The van der Waals surface area contributed by atoms with Crippen LogP contribution in [0.4, 0.5) is 0 Å². The molecular formula is C20H36O3. The Hall–Kier alpha value is -0.900. The molecule has 23 heavy (non-hydrogen) atoms. The van der Waals surface area contributed by atoms with Gasteiger partial charge in [0.05, 0.1) is 17.3 Å². The molecule has 0 aromatic rings. The summed E-state index contributed by atoms with van der Waals surface area (Å²) in [6.07, 6.45) is 10.2. The van der Waals surface area contributed by atoms with E-state index in [1.807, 2.05) is 0 Å². The van der Waals surface area contributed by atoms with Gasteiger partial charge in [-0.15, -0.1) is 6.58 Å². The second-order valence-corrected chi connectivity index (χ2v) is 7.45. The van der Waals surface area contributed by atoms with Crippen LogP contribution in [0.5, 0.6) is 0 Å². The summed E-state index contributed by atoms with van der Waals surface area (Å²) >= 11 is 0. The molecule has 2 unspecified atom stereocenters. The highest BCUT2D eigenvalue weighted by atomic mass is 16.3. The van der Waals surface area contributed by atoms with Gasteiger partial charge in [0.2, 0.25) is 0 Å². The summed E-state index contributed by atoms with van der Waals surface area (Å²) in [5, 5.41) is 29.4. The molecule has 0 radical (unpaired) electrons. The van der Waals surface area contributed by atoms with Gasteiger partial charge in [0.15, 0.2) is 0 Å². The van der Waals surface area contributed by atoms with Crippen molar-refractivity contribution in [3.63, 3.8) is 0 Å². The average molecular weight is 325 g/mol. The molecule has 0 saturated carbocycles. The number of hydrogen-bond acceptors (Lipinski definition) is 3. The smallest absolute Gasteiger partial charge is 0.0849 e. The Bertz CT molecular complexity index is 411. The van der Waals surface area contributed by atoms with E-state index in [4.69, 9.17) is 0 Å². The third-order valence-electron chi connectivity index (χ3n) is 4.24. The van der Waals surface area contributed by atoms with Crippen LogP contribution in [0.25, 0.3) is 0 Å². The monoisotopic (exact) mass is 324 g/mol. The van der Waals surface area contributed by atoms with Crippen molar-refractivity contribution >= 4 is 0 Å². The molecule has 0 spiro atoms. The molecule has 3 N–H and O–H groups in total. The van der Waals surface area contributed by atoms with Crippen molar-refractivity contribution in [2.24, 2.45) is 0 Å². The maximum Gasteiger partial charge on any atom is 0.0849 e. The molecule has 3 nitrogen and oxygen atoms in total. The zero-order valence-electron chi connectivity index (χ0n) is 15.6. The first kappa shape index (κ1) is 22.1. The fourth-order valence-electron chi connectivity index (χ4n) is 2.18. The Kier molecular flexibility index (Phi) is 9.67. The third-order valence-corrected chi connectivity index (χ3v) is 4.24. The van der Waals surface area contributed by atoms with Crippen molar-refractivity contribution in [2.75, 3.05) is 0 Å². The second kappa shape index (κ2) is 10.1. The van der Waals surface area contributed by atoms with Gasteiger partial charge in [-0.2, -0.15) is 0 Å². The lowest BCUT2D eigenvalue weighted by Gasteiger charge is -2.24. The van der Waals surface area contributed by atoms with E-state index in [0.717, 1.165) is 25.7 Å². The van der Waals surface area contributed by atoms with E-state index in [-0.39, 0.29) is 0 Å². The molecule has 2 atom stereocenters. The molecule has 0 rings (SSSR count). The fourth-order valence-corrected chi connectivity index (χ4v) is 2.18. The Morgan fingerprint density at radius 2 is 1.52 bits per heavy atom. The molecule has 0 aliphatic rings. The number of aliphatic hydroxyl groups excluding tert-OH is 1. The SMILES string of the molecule is C=CC(C)(O)CCC=C(C)CCC=C(C)CCC(O)C(C)(C)O. The van der Waals surface area contributed by atoms with Crippen LogP contribution in [-0.4, -0.2) is 32.6 Å². The fraction of sp³-hybridized carbons (Fsp3) is 0.700. The first-order valence-electron chi connectivity index (χ1n) is 8.55. The molecule has 3 heteroatoms. The summed E-state index contributed by atoms with van der Waals surface area (Å²) in [7, 11) is 0. The van der Waals surface area contributed by atoms with Crippen LogP contribution in [0.3, 0.4) is 0 Å². The number of aliphatic hydroxyl groups is 3. The molecule has 0 aromatic carbocycles. The second-order valence-electron chi connectivity index (χ2n) is 7.45. The third kappa shape index (κ3) is 11.3. The molecule has 0 saturated heterocycles. The first-order valence-corrected chi connectivity index (χ1v) is 8.55. The summed E-state index contributed by atoms with van der Waals surface area (Å²) < 4.78 is 0. The Morgan fingerprint density at radius 1 is 1.00 bits per heavy atom. The van der Waals surface area contributed by atoms with E-state index in [2.05, 4.69) is 32.6 Å². The maximum absolute atomic E-state index is 9.85. The van der Waals surface area contributed by atoms with Crippen LogP contribution in [0, 0.1) is 0 Å². The highest BCUT2D eigenvalue weighted by molar-refractivity contribution is 5.05. The van der Waals surface area contributed by atoms with Gasteiger partial charge in [-0.05, 0) is 73.1 Å². The molecule has 134 valence electrons. The quantitative estimate of drug-likeness (QED) is 0.497. The van der Waals surface area contributed by atoms with Crippen LogP contribution < -0.4 is 0 Å². The Balaban J connectivity index is 4.09. The highest BCUT2D eigenvalue weighted by Gasteiger charge is 2.23. The zero-order chi connectivity index (χ0) is 18.1. The van der Waals surface area contributed by atoms with Gasteiger partial charge in [-0.25, -0.2) is 0 Å². The van der Waals surface area contributed by atoms with Crippen LogP contribution in [0.15, 0.2) is 36.0 Å². The van der Waals surface area contributed by atoms with Gasteiger partial charge in [0, 0.05) is 0 Å². The van der Waals surface area contributed by atoms with Gasteiger partial charge in [-0.3, -0.25) is 0 Å². The average Bonchev–Trinajstić information content (AvgIpc) is 2.43. The van der Waals surface area contributed by atoms with Crippen molar-refractivity contribution in [3.8, 4) is 0 Å². The van der Waals surface area contributed by atoms with Crippen molar-refractivity contribution < 1.29 is 15.3 Å². The normalized spacial score (nSPS) is 17.7. The van der Waals surface area contributed by atoms with Gasteiger partial charge in [-0.1, -0.05) is 29.4 Å². The minimum Gasteiger partial charge on any atom is -0.390 e. The van der Waals surface area contributed by atoms with Gasteiger partial charge in [0.25, 0.3) is 0 Å². The summed E-state index contributed by atoms with van der Waals surface area (Å²) in [4.78, 5) is 0. The Morgan fingerprint density at radius 3 is 2.04 bits per heavy atom. The van der Waals surface area contributed by atoms with Crippen molar-refractivity contribution in [3.05, 3.63) is 36.0 Å². The van der Waals surface area contributed by atoms with Crippen LogP contribution in [0.2, 0.25) is 0 Å². The topological polar surface area (TPSA) is 60.7 Å². The number of rotatable bonds is 11. The van der Waals surface area contributed by atoms with Crippen LogP contribution >= 0.6 is 0 Å². The van der Waals surface area contributed by atoms with Crippen molar-refractivity contribution in [2.45, 2.75) is 90.4 Å². The van der Waals surface area contributed by atoms with Crippen LogP contribution in [-0.2, 0) is 0 Å². The number of hydrogen-bond donors (Lipinski definition) is 3. The van der Waals surface area contributed by atoms with E-state index >= 15 is 0 Å². The molecule has 0 amide bonds. The lowest BCUT2D eigenvalue weighted by atomic mass is 9.95. The standard InChI is InChI=1S/C20H36O3/c1-7-20(6,23)15-9-12-16(2)10-8-11-17(3)13-14-18(21)19(4,5)22/h7,11-12,18,21-23H,1,8-10,13-15H2,2-6H3. The summed E-state index contributed by atoms with van der Waals surface area (Å²) in [6.45, 7) is 12.9. The predicted octanol–water partition coefficient (Wildman–Crippen LogP) is 4.29. The van der Waals surface area contributed by atoms with Crippen molar-refractivity contribution in [1.29, 1.82) is 0 Å². The zero-order valence-corrected chi connectivity index (χ0v) is 15.6. The van der Waals surface area contributed by atoms with E-state index in [1.165, 1.54) is 11.1 Å². The van der Waals surface area contributed by atoms with Gasteiger partial charge >= 0.3 is 0 Å². The molecule has 0 fully saturated rings. The largest absolute Gasteiger partial charge is 0.390 e. The Labute approximate surface area is 142 Å².